The summed E-state index contributed by atoms with van der Waals surface area (Å²) in [7, 11) is 0. The predicted octanol–water partition coefficient (Wildman–Crippen LogP) is 2.47. The first-order chi connectivity index (χ1) is 9.28. The molecule has 3 nitrogen and oxygen atoms in total. The lowest BCUT2D eigenvalue weighted by Crippen LogP contribution is -2.33. The van der Waals surface area contributed by atoms with Crippen molar-refractivity contribution in [1.82, 2.24) is 4.90 Å². The zero-order valence-corrected chi connectivity index (χ0v) is 11.8. The normalized spacial score (nSPS) is 17.6. The van der Waals surface area contributed by atoms with Crippen molar-refractivity contribution in [1.29, 1.82) is 0 Å². The summed E-state index contributed by atoms with van der Waals surface area (Å²) in [5.41, 5.74) is 1.34. The average molecular weight is 263 g/mol. The number of aliphatic hydroxyl groups is 1. The molecule has 3 heteroatoms. The summed E-state index contributed by atoms with van der Waals surface area (Å²) >= 11 is 0. The summed E-state index contributed by atoms with van der Waals surface area (Å²) in [4.78, 5) is 2.30. The zero-order chi connectivity index (χ0) is 13.5. The van der Waals surface area contributed by atoms with Gasteiger partial charge in [-0.05, 0) is 50.0 Å². The second-order valence-corrected chi connectivity index (χ2v) is 5.37. The summed E-state index contributed by atoms with van der Waals surface area (Å²) in [6, 6.07) is 8.19. The molecule has 0 unspecified atom stereocenters. The SMILES string of the molecule is CCCc1ccc(OC[C@@H](O)CN2CCCC2)cc1. The van der Waals surface area contributed by atoms with Gasteiger partial charge in [0, 0.05) is 6.54 Å². The number of ether oxygens (including phenoxy) is 1. The lowest BCUT2D eigenvalue weighted by molar-refractivity contribution is 0.0758. The molecule has 0 spiro atoms. The van der Waals surface area contributed by atoms with Crippen LogP contribution in [-0.2, 0) is 6.42 Å². The minimum Gasteiger partial charge on any atom is -0.491 e. The largest absolute Gasteiger partial charge is 0.491 e. The maximum absolute atomic E-state index is 9.94. The molecule has 1 aromatic rings. The van der Waals surface area contributed by atoms with Crippen molar-refractivity contribution in [3.8, 4) is 5.75 Å². The highest BCUT2D eigenvalue weighted by Crippen LogP contribution is 2.14. The minimum atomic E-state index is -0.395. The molecule has 0 saturated carbocycles. The molecule has 1 fully saturated rings. The molecule has 106 valence electrons. The van der Waals surface area contributed by atoms with Crippen LogP contribution in [0.2, 0.25) is 0 Å². The molecule has 1 heterocycles. The molecule has 1 aliphatic rings. The fourth-order valence-electron chi connectivity index (χ4n) is 2.55. The van der Waals surface area contributed by atoms with Crippen LogP contribution in [0.25, 0.3) is 0 Å². The topological polar surface area (TPSA) is 32.7 Å². The number of benzene rings is 1. The third-order valence-electron chi connectivity index (χ3n) is 3.57. The maximum atomic E-state index is 9.94. The molecule has 0 radical (unpaired) electrons. The Morgan fingerprint density at radius 1 is 1.21 bits per heavy atom. The highest BCUT2D eigenvalue weighted by Gasteiger charge is 2.15. The van der Waals surface area contributed by atoms with E-state index in [2.05, 4.69) is 24.0 Å². The van der Waals surface area contributed by atoms with Crippen LogP contribution in [0.4, 0.5) is 0 Å². The van der Waals surface area contributed by atoms with Crippen LogP contribution in [0.1, 0.15) is 31.7 Å². The molecule has 1 atom stereocenters. The molecule has 0 bridgehead atoms. The second-order valence-electron chi connectivity index (χ2n) is 5.37. The molecular weight excluding hydrogens is 238 g/mol. The molecular formula is C16H25NO2. The number of β-amino-alcohol motifs (C(OH)–C–C–N with tert-alkyl or cyclic N) is 1. The molecule has 1 saturated heterocycles. The smallest absolute Gasteiger partial charge is 0.119 e. The first-order valence-corrected chi connectivity index (χ1v) is 7.40. The Morgan fingerprint density at radius 3 is 2.53 bits per heavy atom. The average Bonchev–Trinajstić information content (AvgIpc) is 2.91. The van der Waals surface area contributed by atoms with Crippen molar-refractivity contribution in [2.45, 2.75) is 38.7 Å². The highest BCUT2D eigenvalue weighted by molar-refractivity contribution is 5.27. The van der Waals surface area contributed by atoms with Gasteiger partial charge in [0.1, 0.15) is 18.5 Å². The summed E-state index contributed by atoms with van der Waals surface area (Å²) < 4.78 is 5.63. The van der Waals surface area contributed by atoms with Crippen LogP contribution < -0.4 is 4.74 Å². The van der Waals surface area contributed by atoms with E-state index in [0.717, 1.165) is 38.2 Å². The van der Waals surface area contributed by atoms with Gasteiger partial charge >= 0.3 is 0 Å². The number of nitrogens with zero attached hydrogens (tertiary/aromatic N) is 1. The molecule has 2 rings (SSSR count). The Labute approximate surface area is 116 Å². The Kier molecular flexibility index (Phi) is 5.67. The summed E-state index contributed by atoms with van der Waals surface area (Å²) in [6.07, 6.45) is 4.39. The number of hydrogen-bond acceptors (Lipinski definition) is 3. The molecule has 0 aliphatic carbocycles. The van der Waals surface area contributed by atoms with E-state index in [9.17, 15) is 5.11 Å². The Hall–Kier alpha value is -1.06. The second kappa shape index (κ2) is 7.51. The van der Waals surface area contributed by atoms with Crippen molar-refractivity contribution in [2.75, 3.05) is 26.2 Å². The van der Waals surface area contributed by atoms with Crippen molar-refractivity contribution < 1.29 is 9.84 Å². The van der Waals surface area contributed by atoms with E-state index >= 15 is 0 Å². The molecule has 19 heavy (non-hydrogen) atoms. The van der Waals surface area contributed by atoms with E-state index in [1.165, 1.54) is 18.4 Å². The van der Waals surface area contributed by atoms with Gasteiger partial charge in [0.2, 0.25) is 0 Å². The summed E-state index contributed by atoms with van der Waals surface area (Å²) in [5.74, 6) is 0.848. The first-order valence-electron chi connectivity index (χ1n) is 7.40. The number of rotatable bonds is 7. The van der Waals surface area contributed by atoms with Gasteiger partial charge in [-0.2, -0.15) is 0 Å². The van der Waals surface area contributed by atoms with E-state index in [-0.39, 0.29) is 0 Å². The first kappa shape index (κ1) is 14.4. The third-order valence-corrected chi connectivity index (χ3v) is 3.57. The van der Waals surface area contributed by atoms with Crippen LogP contribution in [0.15, 0.2) is 24.3 Å². The van der Waals surface area contributed by atoms with Gasteiger partial charge < -0.3 is 14.7 Å². The van der Waals surface area contributed by atoms with E-state index < -0.39 is 6.10 Å². The predicted molar refractivity (Wildman–Crippen MR) is 77.6 cm³/mol. The summed E-state index contributed by atoms with van der Waals surface area (Å²) in [5, 5.41) is 9.94. The Balaban J connectivity index is 1.71. The van der Waals surface area contributed by atoms with Crippen molar-refractivity contribution in [2.24, 2.45) is 0 Å². The van der Waals surface area contributed by atoms with Gasteiger partial charge in [-0.25, -0.2) is 0 Å². The van der Waals surface area contributed by atoms with E-state index in [4.69, 9.17) is 4.74 Å². The van der Waals surface area contributed by atoms with Gasteiger partial charge in [-0.1, -0.05) is 25.5 Å². The van der Waals surface area contributed by atoms with E-state index in [1.807, 2.05) is 12.1 Å². The van der Waals surface area contributed by atoms with Crippen molar-refractivity contribution in [3.05, 3.63) is 29.8 Å². The molecule has 0 aromatic heterocycles. The van der Waals surface area contributed by atoms with Crippen LogP contribution >= 0.6 is 0 Å². The van der Waals surface area contributed by atoms with Crippen molar-refractivity contribution >= 4 is 0 Å². The zero-order valence-electron chi connectivity index (χ0n) is 11.8. The van der Waals surface area contributed by atoms with Crippen molar-refractivity contribution in [3.63, 3.8) is 0 Å². The van der Waals surface area contributed by atoms with Gasteiger partial charge in [-0.15, -0.1) is 0 Å². The van der Waals surface area contributed by atoms with Crippen LogP contribution in [-0.4, -0.2) is 42.4 Å². The fraction of sp³-hybridized carbons (Fsp3) is 0.625. The fourth-order valence-corrected chi connectivity index (χ4v) is 2.55. The lowest BCUT2D eigenvalue weighted by atomic mass is 10.1. The van der Waals surface area contributed by atoms with Crippen LogP contribution in [0, 0.1) is 0 Å². The number of aryl methyl sites for hydroxylation is 1. The molecule has 1 N–H and O–H groups in total. The van der Waals surface area contributed by atoms with E-state index in [1.54, 1.807) is 0 Å². The quantitative estimate of drug-likeness (QED) is 0.820. The van der Waals surface area contributed by atoms with Gasteiger partial charge in [-0.3, -0.25) is 0 Å². The van der Waals surface area contributed by atoms with Crippen LogP contribution in [0.5, 0.6) is 5.75 Å². The monoisotopic (exact) mass is 263 g/mol. The summed E-state index contributed by atoms with van der Waals surface area (Å²) in [6.45, 7) is 5.52. The third kappa shape index (κ3) is 4.84. The molecule has 1 aromatic carbocycles. The molecule has 1 aliphatic heterocycles. The number of hydrogen-bond donors (Lipinski definition) is 1. The maximum Gasteiger partial charge on any atom is 0.119 e. The molecule has 0 amide bonds. The standard InChI is InChI=1S/C16H25NO2/c1-2-5-14-6-8-16(9-7-14)19-13-15(18)12-17-10-3-4-11-17/h6-9,15,18H,2-5,10-13H2,1H3/t15-/m0/s1. The highest BCUT2D eigenvalue weighted by atomic mass is 16.5. The van der Waals surface area contributed by atoms with Gasteiger partial charge in [0.25, 0.3) is 0 Å². The number of aliphatic hydroxyl groups excluding tert-OH is 1. The Bertz CT molecular complexity index is 358. The van der Waals surface area contributed by atoms with Gasteiger partial charge in [0.15, 0.2) is 0 Å². The number of likely N-dealkylation sites (tertiary alicyclic amines) is 1. The van der Waals surface area contributed by atoms with Gasteiger partial charge in [0.05, 0.1) is 0 Å². The van der Waals surface area contributed by atoms with E-state index in [0.29, 0.717) is 6.61 Å². The lowest BCUT2D eigenvalue weighted by Gasteiger charge is -2.19. The Morgan fingerprint density at radius 2 is 1.89 bits per heavy atom. The minimum absolute atomic E-state index is 0.379. The van der Waals surface area contributed by atoms with Crippen LogP contribution in [0.3, 0.4) is 0 Å².